The number of hydrazine groups is 1. The molecule has 2 aliphatic heterocycles. The van der Waals surface area contributed by atoms with Gasteiger partial charge in [-0.15, -0.1) is 4.83 Å². The highest BCUT2D eigenvalue weighted by Gasteiger charge is 2.33. The largest absolute Gasteiger partial charge is 0.296 e. The van der Waals surface area contributed by atoms with E-state index in [1.54, 1.807) is 12.1 Å². The minimum Gasteiger partial charge on any atom is -0.273 e. The lowest BCUT2D eigenvalue weighted by atomic mass is 10.2. The molecule has 7 heteroatoms. The first kappa shape index (κ1) is 12.6. The van der Waals surface area contributed by atoms with Gasteiger partial charge >= 0.3 is 0 Å². The van der Waals surface area contributed by atoms with Gasteiger partial charge in [-0.25, -0.2) is 5.01 Å². The second kappa shape index (κ2) is 4.59. The second-order valence-electron chi connectivity index (χ2n) is 4.74. The Morgan fingerprint density at radius 3 is 2.53 bits per heavy atom. The van der Waals surface area contributed by atoms with Crippen LogP contribution in [0.25, 0.3) is 0 Å². The minimum atomic E-state index is -3.63. The first-order valence-corrected chi connectivity index (χ1v) is 7.70. The fraction of sp³-hybridized carbons (Fsp3) is 0.417. The number of carbonyl (C=O) groups excluding carboxylic acids is 1. The maximum Gasteiger partial charge on any atom is 0.296 e. The standard InChI is InChI=1S/C12H15N3O3S/c16-12-9-10-5-1-2-6-11(10)15(12)13-19(17,18)14-7-3-4-8-14/h1-2,5-6,13H,3-4,7-9H2. The van der Waals surface area contributed by atoms with E-state index in [0.717, 1.165) is 23.4 Å². The second-order valence-corrected chi connectivity index (χ2v) is 6.39. The van der Waals surface area contributed by atoms with Gasteiger partial charge in [0, 0.05) is 13.1 Å². The van der Waals surface area contributed by atoms with E-state index in [9.17, 15) is 13.2 Å². The number of para-hydroxylation sites is 1. The number of nitrogens with one attached hydrogen (secondary N) is 1. The van der Waals surface area contributed by atoms with Crippen molar-refractivity contribution in [3.05, 3.63) is 29.8 Å². The number of anilines is 1. The van der Waals surface area contributed by atoms with Crippen molar-refractivity contribution < 1.29 is 13.2 Å². The maximum atomic E-state index is 12.2. The maximum absolute atomic E-state index is 12.2. The summed E-state index contributed by atoms with van der Waals surface area (Å²) in [7, 11) is -3.63. The van der Waals surface area contributed by atoms with Gasteiger partial charge in [0.15, 0.2) is 0 Å². The molecule has 19 heavy (non-hydrogen) atoms. The number of amides is 1. The number of carbonyl (C=O) groups is 1. The lowest BCUT2D eigenvalue weighted by molar-refractivity contribution is -0.117. The van der Waals surface area contributed by atoms with Gasteiger partial charge in [-0.05, 0) is 24.5 Å². The van der Waals surface area contributed by atoms with Crippen LogP contribution in [0.3, 0.4) is 0 Å². The molecule has 0 radical (unpaired) electrons. The van der Waals surface area contributed by atoms with Gasteiger partial charge < -0.3 is 0 Å². The van der Waals surface area contributed by atoms with Crippen LogP contribution >= 0.6 is 0 Å². The molecule has 102 valence electrons. The zero-order valence-corrected chi connectivity index (χ0v) is 11.2. The molecule has 3 rings (SSSR count). The molecule has 2 heterocycles. The summed E-state index contributed by atoms with van der Waals surface area (Å²) in [6.07, 6.45) is 1.97. The van der Waals surface area contributed by atoms with Crippen LogP contribution in [0.4, 0.5) is 5.69 Å². The normalized spacial score (nSPS) is 20.0. The molecule has 2 aliphatic rings. The lowest BCUT2D eigenvalue weighted by Crippen LogP contribution is -2.50. The third-order valence-corrected chi connectivity index (χ3v) is 4.89. The van der Waals surface area contributed by atoms with Crippen molar-refractivity contribution >= 4 is 21.8 Å². The minimum absolute atomic E-state index is 0.235. The number of nitrogens with zero attached hydrogens (tertiary/aromatic N) is 2. The molecule has 0 aromatic heterocycles. The Bertz CT molecular complexity index is 608. The summed E-state index contributed by atoms with van der Waals surface area (Å²) in [6, 6.07) is 7.20. The van der Waals surface area contributed by atoms with Gasteiger partial charge in [0.25, 0.3) is 10.2 Å². The Morgan fingerprint density at radius 1 is 1.11 bits per heavy atom. The molecule has 1 saturated heterocycles. The summed E-state index contributed by atoms with van der Waals surface area (Å²) in [4.78, 5) is 14.3. The molecule has 1 aromatic carbocycles. The van der Waals surface area contributed by atoms with Crippen LogP contribution in [0.2, 0.25) is 0 Å². The van der Waals surface area contributed by atoms with E-state index in [1.165, 1.54) is 4.31 Å². The fourth-order valence-corrected chi connectivity index (χ4v) is 3.74. The number of fused-ring (bicyclic) bond motifs is 1. The molecule has 6 nitrogen and oxygen atoms in total. The van der Waals surface area contributed by atoms with Crippen molar-refractivity contribution in [3.63, 3.8) is 0 Å². The highest BCUT2D eigenvalue weighted by Crippen LogP contribution is 2.27. The molecule has 1 amide bonds. The van der Waals surface area contributed by atoms with Gasteiger partial charge in [-0.2, -0.15) is 12.7 Å². The molecule has 0 atom stereocenters. The molecule has 0 aliphatic carbocycles. The Kier molecular flexibility index (Phi) is 3.04. The average molecular weight is 281 g/mol. The van der Waals surface area contributed by atoms with Crippen molar-refractivity contribution in [2.24, 2.45) is 0 Å². The number of hydrogen-bond donors (Lipinski definition) is 1. The Balaban J connectivity index is 1.85. The van der Waals surface area contributed by atoms with Gasteiger partial charge in [0.2, 0.25) is 5.91 Å². The van der Waals surface area contributed by atoms with Crippen LogP contribution < -0.4 is 9.84 Å². The Labute approximate surface area is 112 Å². The molecule has 0 spiro atoms. The predicted molar refractivity (Wildman–Crippen MR) is 70.5 cm³/mol. The Hall–Kier alpha value is -1.44. The number of hydrogen-bond acceptors (Lipinski definition) is 3. The highest BCUT2D eigenvalue weighted by molar-refractivity contribution is 7.87. The SMILES string of the molecule is O=C1Cc2ccccc2N1NS(=O)(=O)N1CCCC1. The summed E-state index contributed by atoms with van der Waals surface area (Å²) in [5, 5.41) is 1.14. The van der Waals surface area contributed by atoms with Gasteiger partial charge in [-0.1, -0.05) is 18.2 Å². The van der Waals surface area contributed by atoms with Crippen molar-refractivity contribution in [1.29, 1.82) is 0 Å². The van der Waals surface area contributed by atoms with Gasteiger partial charge in [0.1, 0.15) is 0 Å². The van der Waals surface area contributed by atoms with Crippen molar-refractivity contribution in [3.8, 4) is 0 Å². The van der Waals surface area contributed by atoms with Gasteiger partial charge in [-0.3, -0.25) is 4.79 Å². The van der Waals surface area contributed by atoms with Crippen LogP contribution in [-0.4, -0.2) is 31.7 Å². The third-order valence-electron chi connectivity index (χ3n) is 3.44. The van der Waals surface area contributed by atoms with Crippen LogP contribution in [0.1, 0.15) is 18.4 Å². The molecular formula is C12H15N3O3S. The van der Waals surface area contributed by atoms with E-state index in [4.69, 9.17) is 0 Å². The zero-order chi connectivity index (χ0) is 13.5. The molecule has 1 aromatic rings. The average Bonchev–Trinajstić information content (AvgIpc) is 2.99. The van der Waals surface area contributed by atoms with Crippen molar-refractivity contribution in [2.75, 3.05) is 18.1 Å². The van der Waals surface area contributed by atoms with E-state index in [1.807, 2.05) is 12.1 Å². The molecule has 0 saturated carbocycles. The zero-order valence-electron chi connectivity index (χ0n) is 10.4. The topological polar surface area (TPSA) is 69.7 Å². The highest BCUT2D eigenvalue weighted by atomic mass is 32.2. The summed E-state index contributed by atoms with van der Waals surface area (Å²) in [6.45, 7) is 1.03. The van der Waals surface area contributed by atoms with E-state index in [0.29, 0.717) is 18.8 Å². The third kappa shape index (κ3) is 2.24. The molecular weight excluding hydrogens is 266 g/mol. The number of benzene rings is 1. The van der Waals surface area contributed by atoms with E-state index in [2.05, 4.69) is 4.83 Å². The molecule has 1 fully saturated rings. The Morgan fingerprint density at radius 2 is 1.79 bits per heavy atom. The monoisotopic (exact) mass is 281 g/mol. The summed E-state index contributed by atoms with van der Waals surface area (Å²) in [5.74, 6) is -0.246. The predicted octanol–water partition coefficient (Wildman–Crippen LogP) is 0.421. The first-order valence-electron chi connectivity index (χ1n) is 6.26. The van der Waals surface area contributed by atoms with E-state index >= 15 is 0 Å². The van der Waals surface area contributed by atoms with Crippen LogP contribution in [0.15, 0.2) is 24.3 Å². The van der Waals surface area contributed by atoms with Crippen LogP contribution in [-0.2, 0) is 21.4 Å². The van der Waals surface area contributed by atoms with Crippen molar-refractivity contribution in [2.45, 2.75) is 19.3 Å². The van der Waals surface area contributed by atoms with E-state index < -0.39 is 10.2 Å². The molecule has 0 unspecified atom stereocenters. The molecule has 1 N–H and O–H groups in total. The summed E-state index contributed by atoms with van der Waals surface area (Å²) >= 11 is 0. The summed E-state index contributed by atoms with van der Waals surface area (Å²) < 4.78 is 25.7. The smallest absolute Gasteiger partial charge is 0.273 e. The number of rotatable bonds is 3. The fourth-order valence-electron chi connectivity index (χ4n) is 2.46. The quantitative estimate of drug-likeness (QED) is 0.873. The molecule has 0 bridgehead atoms. The lowest BCUT2D eigenvalue weighted by Gasteiger charge is -2.22. The first-order chi connectivity index (χ1) is 9.08. The van der Waals surface area contributed by atoms with Gasteiger partial charge in [0.05, 0.1) is 12.1 Å². The van der Waals surface area contributed by atoms with Crippen molar-refractivity contribution in [1.82, 2.24) is 9.14 Å². The summed E-state index contributed by atoms with van der Waals surface area (Å²) in [5.41, 5.74) is 1.46. The van der Waals surface area contributed by atoms with E-state index in [-0.39, 0.29) is 12.3 Å². The van der Waals surface area contributed by atoms with Crippen LogP contribution in [0, 0.1) is 0 Å². The van der Waals surface area contributed by atoms with Crippen LogP contribution in [0.5, 0.6) is 0 Å².